The topological polar surface area (TPSA) is 67.8 Å². The average molecular weight is 330 g/mol. The molecule has 1 N–H and O–H groups in total. The molecule has 0 unspecified atom stereocenters. The van der Waals surface area contributed by atoms with E-state index in [0.29, 0.717) is 12.2 Å². The van der Waals surface area contributed by atoms with Crippen LogP contribution in [-0.2, 0) is 6.54 Å². The number of amides is 1. The summed E-state index contributed by atoms with van der Waals surface area (Å²) >= 11 is 3.27. The number of thiazole rings is 1. The molecule has 22 heavy (non-hydrogen) atoms. The Labute approximate surface area is 136 Å². The van der Waals surface area contributed by atoms with Gasteiger partial charge in [-0.15, -0.1) is 22.7 Å². The van der Waals surface area contributed by atoms with Crippen molar-refractivity contribution in [2.24, 2.45) is 0 Å². The van der Waals surface area contributed by atoms with Crippen LogP contribution in [0.4, 0.5) is 0 Å². The monoisotopic (exact) mass is 330 g/mol. The lowest BCUT2D eigenvalue weighted by atomic mass is 10.3. The van der Waals surface area contributed by atoms with Gasteiger partial charge in [0.25, 0.3) is 5.91 Å². The molecule has 0 aliphatic carbocycles. The number of carbonyl (C=O) groups excluding carboxylic acids is 1. The van der Waals surface area contributed by atoms with Gasteiger partial charge < -0.3 is 5.32 Å². The summed E-state index contributed by atoms with van der Waals surface area (Å²) in [5.41, 5.74) is 2.12. The maximum Gasteiger partial charge on any atom is 0.271 e. The smallest absolute Gasteiger partial charge is 0.271 e. The van der Waals surface area contributed by atoms with Gasteiger partial charge in [0.2, 0.25) is 0 Å². The van der Waals surface area contributed by atoms with E-state index in [1.54, 1.807) is 28.9 Å². The lowest BCUT2D eigenvalue weighted by Gasteiger charge is -2.02. The molecule has 112 valence electrons. The Bertz CT molecular complexity index is 792. The van der Waals surface area contributed by atoms with Gasteiger partial charge in [0.05, 0.1) is 34.0 Å². The van der Waals surface area contributed by atoms with Gasteiger partial charge in [-0.2, -0.15) is 0 Å². The molecule has 3 aromatic rings. The zero-order valence-corrected chi connectivity index (χ0v) is 13.8. The minimum Gasteiger partial charge on any atom is -0.346 e. The molecule has 0 aliphatic heterocycles. The first-order valence-corrected chi connectivity index (χ1v) is 8.39. The second-order valence-electron chi connectivity index (χ2n) is 4.74. The zero-order chi connectivity index (χ0) is 15.5. The second-order valence-corrected chi connectivity index (χ2v) is 6.97. The normalized spacial score (nSPS) is 10.6. The molecule has 5 nitrogen and oxygen atoms in total. The van der Waals surface area contributed by atoms with Crippen LogP contribution in [0.15, 0.2) is 29.9 Å². The number of rotatable bonds is 4. The molecule has 0 atom stereocenters. The molecule has 3 rings (SSSR count). The van der Waals surface area contributed by atoms with Crippen LogP contribution in [0, 0.1) is 13.8 Å². The number of carbonyl (C=O) groups is 1. The second kappa shape index (κ2) is 6.33. The molecule has 1 amide bonds. The maximum absolute atomic E-state index is 12.0. The Morgan fingerprint density at radius 1 is 1.23 bits per heavy atom. The third-order valence-electron chi connectivity index (χ3n) is 2.97. The molecule has 3 heterocycles. The maximum atomic E-state index is 12.0. The fourth-order valence-corrected chi connectivity index (χ4v) is 3.45. The van der Waals surface area contributed by atoms with Crippen molar-refractivity contribution in [1.29, 1.82) is 0 Å². The summed E-state index contributed by atoms with van der Waals surface area (Å²) in [4.78, 5) is 26.8. The Balaban J connectivity index is 1.63. The van der Waals surface area contributed by atoms with Crippen molar-refractivity contribution in [2.45, 2.75) is 20.4 Å². The van der Waals surface area contributed by atoms with E-state index in [4.69, 9.17) is 0 Å². The first kappa shape index (κ1) is 14.8. The molecule has 0 spiro atoms. The third kappa shape index (κ3) is 3.37. The predicted molar refractivity (Wildman–Crippen MR) is 88.1 cm³/mol. The number of nitrogens with zero attached hydrogens (tertiary/aromatic N) is 3. The number of aromatic nitrogens is 3. The molecular weight excluding hydrogens is 316 g/mol. The minimum atomic E-state index is -0.216. The molecule has 0 saturated heterocycles. The van der Waals surface area contributed by atoms with Crippen LogP contribution in [0.2, 0.25) is 0 Å². The highest BCUT2D eigenvalue weighted by atomic mass is 32.1. The van der Waals surface area contributed by atoms with Crippen molar-refractivity contribution in [2.75, 3.05) is 0 Å². The number of hydrogen-bond donors (Lipinski definition) is 1. The number of hydrogen-bond acceptors (Lipinski definition) is 6. The molecule has 0 bridgehead atoms. The van der Waals surface area contributed by atoms with Crippen molar-refractivity contribution < 1.29 is 4.79 Å². The van der Waals surface area contributed by atoms with Crippen LogP contribution in [0.1, 0.15) is 26.1 Å². The van der Waals surface area contributed by atoms with Crippen LogP contribution >= 0.6 is 22.7 Å². The lowest BCUT2D eigenvalue weighted by Crippen LogP contribution is -2.23. The minimum absolute atomic E-state index is 0.216. The van der Waals surface area contributed by atoms with E-state index in [-0.39, 0.29) is 5.91 Å². The molecule has 0 aromatic carbocycles. The highest BCUT2D eigenvalue weighted by Gasteiger charge is 2.09. The molecule has 0 saturated carbocycles. The molecule has 0 aliphatic rings. The van der Waals surface area contributed by atoms with Crippen LogP contribution in [-0.4, -0.2) is 20.9 Å². The van der Waals surface area contributed by atoms with Gasteiger partial charge in [0.1, 0.15) is 5.69 Å². The number of aryl methyl sites for hydroxylation is 2. The summed E-state index contributed by atoms with van der Waals surface area (Å²) in [5, 5.41) is 5.95. The van der Waals surface area contributed by atoms with E-state index in [1.165, 1.54) is 6.20 Å². The highest BCUT2D eigenvalue weighted by molar-refractivity contribution is 7.16. The summed E-state index contributed by atoms with van der Waals surface area (Å²) < 4.78 is 0. The Morgan fingerprint density at radius 3 is 2.77 bits per heavy atom. The summed E-state index contributed by atoms with van der Waals surface area (Å²) in [6, 6.07) is 4.04. The highest BCUT2D eigenvalue weighted by Crippen LogP contribution is 2.28. The van der Waals surface area contributed by atoms with Crippen LogP contribution in [0.3, 0.4) is 0 Å². The Hall–Kier alpha value is -2.12. The summed E-state index contributed by atoms with van der Waals surface area (Å²) in [6.45, 7) is 4.30. The predicted octanol–water partition coefficient (Wildman–Crippen LogP) is 3.21. The third-order valence-corrected chi connectivity index (χ3v) is 4.85. The SMILES string of the molecule is Cc1cnc(C(=O)NCc2ccc(-c3csc(C)n3)s2)cn1. The molecule has 3 aromatic heterocycles. The van der Waals surface area contributed by atoms with Gasteiger partial charge in [-0.3, -0.25) is 9.78 Å². The Kier molecular flexibility index (Phi) is 4.26. The average Bonchev–Trinajstić information content (AvgIpc) is 3.14. The van der Waals surface area contributed by atoms with Crippen molar-refractivity contribution in [3.63, 3.8) is 0 Å². The van der Waals surface area contributed by atoms with E-state index < -0.39 is 0 Å². The summed E-state index contributed by atoms with van der Waals surface area (Å²) in [5.74, 6) is -0.216. The molecule has 0 fully saturated rings. The lowest BCUT2D eigenvalue weighted by molar-refractivity contribution is 0.0946. The van der Waals surface area contributed by atoms with Gasteiger partial charge in [-0.1, -0.05) is 0 Å². The number of thiophene rings is 1. The van der Waals surface area contributed by atoms with Crippen LogP contribution < -0.4 is 5.32 Å². The number of nitrogens with one attached hydrogen (secondary N) is 1. The standard InChI is InChI=1S/C15H14N4OS2/c1-9-5-17-12(7-16-9)15(20)18-6-11-3-4-14(22-11)13-8-21-10(2)19-13/h3-5,7-8H,6H2,1-2H3,(H,18,20). The molecular formula is C15H14N4OS2. The van der Waals surface area contributed by atoms with Crippen molar-refractivity contribution in [1.82, 2.24) is 20.3 Å². The quantitative estimate of drug-likeness (QED) is 0.797. The summed E-state index contributed by atoms with van der Waals surface area (Å²) in [6.07, 6.45) is 3.07. The molecule has 7 heteroatoms. The van der Waals surface area contributed by atoms with Gasteiger partial charge in [0.15, 0.2) is 0 Å². The molecule has 0 radical (unpaired) electrons. The fourth-order valence-electron chi connectivity index (χ4n) is 1.85. The van der Waals surface area contributed by atoms with E-state index in [9.17, 15) is 4.79 Å². The van der Waals surface area contributed by atoms with Crippen LogP contribution in [0.5, 0.6) is 0 Å². The largest absolute Gasteiger partial charge is 0.346 e. The van der Waals surface area contributed by atoms with E-state index in [1.807, 2.05) is 31.4 Å². The van der Waals surface area contributed by atoms with Crippen molar-refractivity contribution in [3.8, 4) is 10.6 Å². The van der Waals surface area contributed by atoms with Gasteiger partial charge in [-0.05, 0) is 26.0 Å². The summed E-state index contributed by atoms with van der Waals surface area (Å²) in [7, 11) is 0. The Morgan fingerprint density at radius 2 is 2.09 bits per heavy atom. The first-order valence-electron chi connectivity index (χ1n) is 6.70. The van der Waals surface area contributed by atoms with Gasteiger partial charge >= 0.3 is 0 Å². The van der Waals surface area contributed by atoms with Crippen molar-refractivity contribution in [3.05, 3.63) is 51.2 Å². The first-order chi connectivity index (χ1) is 10.6. The fraction of sp³-hybridized carbons (Fsp3) is 0.200. The van der Waals surface area contributed by atoms with Crippen LogP contribution in [0.25, 0.3) is 10.6 Å². The zero-order valence-electron chi connectivity index (χ0n) is 12.2. The van der Waals surface area contributed by atoms with Gasteiger partial charge in [-0.25, -0.2) is 9.97 Å². The van der Waals surface area contributed by atoms with Crippen molar-refractivity contribution >= 4 is 28.6 Å². The van der Waals surface area contributed by atoms with E-state index >= 15 is 0 Å². The van der Waals surface area contributed by atoms with E-state index in [2.05, 4.69) is 20.3 Å². The van der Waals surface area contributed by atoms with E-state index in [0.717, 1.165) is 26.1 Å². The van der Waals surface area contributed by atoms with Gasteiger partial charge in [0, 0.05) is 16.5 Å².